The average molecular weight is 460 g/mol. The van der Waals surface area contributed by atoms with Crippen LogP contribution in [0.5, 0.6) is 0 Å². The lowest BCUT2D eigenvalue weighted by Crippen LogP contribution is -2.52. The number of guanidine groups is 1. The van der Waals surface area contributed by atoms with Crippen LogP contribution < -0.4 is 10.2 Å². The van der Waals surface area contributed by atoms with Gasteiger partial charge in [0.05, 0.1) is 5.00 Å². The van der Waals surface area contributed by atoms with Crippen LogP contribution in [-0.2, 0) is 0 Å². The minimum Gasteiger partial charge on any atom is -0.360 e. The first kappa shape index (κ1) is 18.3. The van der Waals surface area contributed by atoms with Gasteiger partial charge in [-0.2, -0.15) is 0 Å². The van der Waals surface area contributed by atoms with E-state index in [1.807, 2.05) is 11.3 Å². The summed E-state index contributed by atoms with van der Waals surface area (Å²) in [5, 5.41) is 7.09. The molecule has 3 aliphatic rings. The molecule has 134 valence electrons. The molecule has 0 bridgehead atoms. The molecule has 1 saturated heterocycles. The zero-order valence-corrected chi connectivity index (χ0v) is 17.7. The topological polar surface area (TPSA) is 30.9 Å². The second-order valence-electron chi connectivity index (χ2n) is 7.23. The third-order valence-electron chi connectivity index (χ3n) is 5.61. The van der Waals surface area contributed by atoms with Gasteiger partial charge >= 0.3 is 0 Å². The van der Waals surface area contributed by atoms with Crippen molar-refractivity contribution in [2.75, 3.05) is 44.2 Å². The molecule has 2 heterocycles. The fourth-order valence-corrected chi connectivity index (χ4v) is 4.58. The molecule has 1 aromatic heterocycles. The van der Waals surface area contributed by atoms with Crippen molar-refractivity contribution in [3.05, 3.63) is 17.5 Å². The number of rotatable bonds is 5. The maximum Gasteiger partial charge on any atom is 0.194 e. The molecule has 4 nitrogen and oxygen atoms in total. The first-order valence-corrected chi connectivity index (χ1v) is 10.0. The van der Waals surface area contributed by atoms with Gasteiger partial charge in [-0.05, 0) is 61.5 Å². The number of piperazine rings is 1. The van der Waals surface area contributed by atoms with E-state index in [-0.39, 0.29) is 24.0 Å². The average Bonchev–Trinajstić information content (AvgIpc) is 3.50. The number of nitrogens with zero attached hydrogens (tertiary/aromatic N) is 3. The zero-order chi connectivity index (χ0) is 15.7. The number of thiophene rings is 1. The van der Waals surface area contributed by atoms with Gasteiger partial charge in [-0.25, -0.2) is 0 Å². The van der Waals surface area contributed by atoms with Gasteiger partial charge < -0.3 is 15.1 Å². The second kappa shape index (κ2) is 7.81. The van der Waals surface area contributed by atoms with Gasteiger partial charge in [-0.1, -0.05) is 0 Å². The van der Waals surface area contributed by atoms with E-state index in [1.54, 1.807) is 0 Å². The van der Waals surface area contributed by atoms with Gasteiger partial charge in [0, 0.05) is 39.3 Å². The fraction of sp³-hybridized carbons (Fsp3) is 0.722. The van der Waals surface area contributed by atoms with Crippen molar-refractivity contribution < 1.29 is 0 Å². The normalized spacial score (nSPS) is 23.0. The highest BCUT2D eigenvalue weighted by atomic mass is 127. The summed E-state index contributed by atoms with van der Waals surface area (Å²) in [5.74, 6) is 2.13. The van der Waals surface area contributed by atoms with Crippen LogP contribution >= 0.6 is 35.3 Å². The highest BCUT2D eigenvalue weighted by Gasteiger charge is 2.53. The van der Waals surface area contributed by atoms with Crippen LogP contribution in [0, 0.1) is 11.3 Å². The Morgan fingerprint density at radius 3 is 2.58 bits per heavy atom. The third kappa shape index (κ3) is 4.00. The lowest BCUT2D eigenvalue weighted by atomic mass is 10.0. The summed E-state index contributed by atoms with van der Waals surface area (Å²) in [6.45, 7) is 8.51. The molecule has 2 saturated carbocycles. The molecule has 0 amide bonds. The van der Waals surface area contributed by atoms with Crippen molar-refractivity contribution in [3.63, 3.8) is 0 Å². The Kier molecular flexibility index (Phi) is 5.95. The molecule has 0 spiro atoms. The van der Waals surface area contributed by atoms with Crippen molar-refractivity contribution >= 4 is 46.3 Å². The molecule has 0 atom stereocenters. The van der Waals surface area contributed by atoms with Crippen molar-refractivity contribution in [2.45, 2.75) is 32.6 Å². The highest BCUT2D eigenvalue weighted by Crippen LogP contribution is 2.61. The van der Waals surface area contributed by atoms with Crippen molar-refractivity contribution in [1.29, 1.82) is 0 Å². The Balaban J connectivity index is 0.00000169. The summed E-state index contributed by atoms with van der Waals surface area (Å²) in [7, 11) is 0. The molecule has 1 N–H and O–H groups in total. The number of hydrogen-bond donors (Lipinski definition) is 1. The minimum absolute atomic E-state index is 0. The lowest BCUT2D eigenvalue weighted by molar-refractivity contribution is 0.368. The number of aliphatic imine (C=N–C) groups is 1. The van der Waals surface area contributed by atoms with Crippen LogP contribution in [0.4, 0.5) is 5.00 Å². The zero-order valence-electron chi connectivity index (χ0n) is 14.5. The molecule has 3 fully saturated rings. The van der Waals surface area contributed by atoms with Gasteiger partial charge in [0.1, 0.15) is 0 Å². The predicted molar refractivity (Wildman–Crippen MR) is 114 cm³/mol. The molecule has 1 aromatic rings. The van der Waals surface area contributed by atoms with E-state index >= 15 is 0 Å². The van der Waals surface area contributed by atoms with Crippen LogP contribution in [0.3, 0.4) is 0 Å². The Bertz CT molecular complexity index is 543. The van der Waals surface area contributed by atoms with Gasteiger partial charge in [0.15, 0.2) is 5.96 Å². The Morgan fingerprint density at radius 1 is 1.29 bits per heavy atom. The van der Waals surface area contributed by atoms with E-state index < -0.39 is 0 Å². The van der Waals surface area contributed by atoms with Crippen molar-refractivity contribution in [2.24, 2.45) is 16.3 Å². The van der Waals surface area contributed by atoms with Crippen LogP contribution in [0.1, 0.15) is 32.6 Å². The first-order valence-electron chi connectivity index (χ1n) is 9.12. The Morgan fingerprint density at radius 2 is 2.04 bits per heavy atom. The maximum atomic E-state index is 5.04. The first-order chi connectivity index (χ1) is 11.3. The summed E-state index contributed by atoms with van der Waals surface area (Å²) >= 11 is 1.84. The summed E-state index contributed by atoms with van der Waals surface area (Å²) in [6.07, 6.45) is 5.72. The molecule has 2 aliphatic carbocycles. The van der Waals surface area contributed by atoms with Crippen molar-refractivity contribution in [1.82, 2.24) is 10.2 Å². The Labute approximate surface area is 166 Å². The molecule has 1 aliphatic heterocycles. The lowest BCUT2D eigenvalue weighted by Gasteiger charge is -2.37. The number of anilines is 1. The smallest absolute Gasteiger partial charge is 0.194 e. The molecule has 6 heteroatoms. The van der Waals surface area contributed by atoms with Gasteiger partial charge in [-0.15, -0.1) is 35.3 Å². The van der Waals surface area contributed by atoms with E-state index in [0.717, 1.165) is 51.1 Å². The standard InChI is InChI=1S/C18H28N4S.HI/c1-2-19-17(20-14-18(7-8-18)15-5-6-15)22-11-9-21(10-12-22)16-4-3-13-23-16;/h3-4,13,15H,2,5-12,14H2,1H3,(H,19,20);1H. The number of hydrogen-bond acceptors (Lipinski definition) is 3. The summed E-state index contributed by atoms with van der Waals surface area (Å²) in [6, 6.07) is 4.37. The molecular formula is C18H29IN4S. The van der Waals surface area contributed by atoms with E-state index in [4.69, 9.17) is 4.99 Å². The van der Waals surface area contributed by atoms with Gasteiger partial charge in [-0.3, -0.25) is 4.99 Å². The van der Waals surface area contributed by atoms with E-state index in [0.29, 0.717) is 5.41 Å². The van der Waals surface area contributed by atoms with E-state index in [1.165, 1.54) is 30.7 Å². The summed E-state index contributed by atoms with van der Waals surface area (Å²) in [5.41, 5.74) is 0.597. The van der Waals surface area contributed by atoms with Crippen LogP contribution in [0.15, 0.2) is 22.5 Å². The summed E-state index contributed by atoms with van der Waals surface area (Å²) in [4.78, 5) is 9.99. The van der Waals surface area contributed by atoms with Crippen LogP contribution in [-0.4, -0.2) is 50.1 Å². The third-order valence-corrected chi connectivity index (χ3v) is 6.54. The minimum atomic E-state index is 0. The quantitative estimate of drug-likeness (QED) is 0.414. The molecule has 0 radical (unpaired) electrons. The maximum absolute atomic E-state index is 5.04. The fourth-order valence-electron chi connectivity index (χ4n) is 3.80. The predicted octanol–water partition coefficient (Wildman–Crippen LogP) is 3.64. The Hall–Kier alpha value is -0.500. The van der Waals surface area contributed by atoms with Crippen LogP contribution in [0.25, 0.3) is 0 Å². The van der Waals surface area contributed by atoms with Gasteiger partial charge in [0.25, 0.3) is 0 Å². The SMILES string of the molecule is CCNC(=NCC1(C2CC2)CC1)N1CCN(c2cccs2)CC1.I. The van der Waals surface area contributed by atoms with Gasteiger partial charge in [0.2, 0.25) is 0 Å². The highest BCUT2D eigenvalue weighted by molar-refractivity contribution is 14.0. The molecule has 24 heavy (non-hydrogen) atoms. The van der Waals surface area contributed by atoms with E-state index in [9.17, 15) is 0 Å². The molecule has 0 unspecified atom stereocenters. The molecule has 0 aromatic carbocycles. The largest absolute Gasteiger partial charge is 0.360 e. The molecule has 4 rings (SSSR count). The summed E-state index contributed by atoms with van der Waals surface area (Å²) < 4.78 is 0. The number of nitrogens with one attached hydrogen (secondary N) is 1. The molecular weight excluding hydrogens is 431 g/mol. The second-order valence-corrected chi connectivity index (χ2v) is 8.16. The van der Waals surface area contributed by atoms with Crippen LogP contribution in [0.2, 0.25) is 0 Å². The van der Waals surface area contributed by atoms with Crippen molar-refractivity contribution in [3.8, 4) is 0 Å². The van der Waals surface area contributed by atoms with E-state index in [2.05, 4.69) is 39.6 Å². The number of halogens is 1. The monoisotopic (exact) mass is 460 g/mol.